The SMILES string of the molecule is O=[N+]([O-])c1cc(C2=NCCO2)ccc1Cl. The topological polar surface area (TPSA) is 64.7 Å². The maximum atomic E-state index is 10.6. The molecule has 0 bridgehead atoms. The van der Waals surface area contributed by atoms with Crippen LogP contribution >= 0.6 is 11.6 Å². The lowest BCUT2D eigenvalue weighted by Crippen LogP contribution is -2.02. The Morgan fingerprint density at radius 3 is 2.93 bits per heavy atom. The first-order chi connectivity index (χ1) is 7.18. The molecule has 0 fully saturated rings. The molecule has 0 N–H and O–H groups in total. The van der Waals surface area contributed by atoms with Crippen molar-refractivity contribution in [3.63, 3.8) is 0 Å². The molecule has 1 aromatic carbocycles. The van der Waals surface area contributed by atoms with Crippen molar-refractivity contribution in [2.24, 2.45) is 4.99 Å². The number of rotatable bonds is 2. The number of nitrogens with zero attached hydrogens (tertiary/aromatic N) is 2. The first-order valence-corrected chi connectivity index (χ1v) is 4.68. The zero-order valence-electron chi connectivity index (χ0n) is 7.64. The predicted molar refractivity (Wildman–Crippen MR) is 55.5 cm³/mol. The second-order valence-corrected chi connectivity index (χ2v) is 3.37. The van der Waals surface area contributed by atoms with E-state index in [1.165, 1.54) is 12.1 Å². The second kappa shape index (κ2) is 3.86. The molecule has 0 saturated carbocycles. The van der Waals surface area contributed by atoms with Crippen molar-refractivity contribution in [1.29, 1.82) is 0 Å². The van der Waals surface area contributed by atoms with Crippen LogP contribution in [0.5, 0.6) is 0 Å². The van der Waals surface area contributed by atoms with Gasteiger partial charge in [-0.15, -0.1) is 0 Å². The van der Waals surface area contributed by atoms with Gasteiger partial charge in [0.1, 0.15) is 11.6 Å². The van der Waals surface area contributed by atoms with Crippen LogP contribution in [0.3, 0.4) is 0 Å². The third-order valence-electron chi connectivity index (χ3n) is 1.98. The van der Waals surface area contributed by atoms with Crippen molar-refractivity contribution >= 4 is 23.2 Å². The molecule has 1 heterocycles. The molecule has 2 rings (SSSR count). The van der Waals surface area contributed by atoms with Gasteiger partial charge in [0.2, 0.25) is 5.90 Å². The van der Waals surface area contributed by atoms with Crippen LogP contribution < -0.4 is 0 Å². The van der Waals surface area contributed by atoms with Crippen LogP contribution in [0, 0.1) is 10.1 Å². The van der Waals surface area contributed by atoms with E-state index in [-0.39, 0.29) is 10.7 Å². The minimum absolute atomic E-state index is 0.113. The van der Waals surface area contributed by atoms with Crippen LogP contribution in [0.4, 0.5) is 5.69 Å². The summed E-state index contributed by atoms with van der Waals surface area (Å²) in [6.45, 7) is 1.11. The standard InChI is InChI=1S/C9H7ClN2O3/c10-7-2-1-6(5-8(7)12(13)14)9-11-3-4-15-9/h1-2,5H,3-4H2. The zero-order valence-corrected chi connectivity index (χ0v) is 8.40. The van der Waals surface area contributed by atoms with Gasteiger partial charge in [0.15, 0.2) is 0 Å². The van der Waals surface area contributed by atoms with Crippen LogP contribution in [0.2, 0.25) is 5.02 Å². The van der Waals surface area contributed by atoms with E-state index in [0.717, 1.165) is 0 Å². The van der Waals surface area contributed by atoms with Crippen LogP contribution in [0.15, 0.2) is 23.2 Å². The minimum atomic E-state index is -0.526. The van der Waals surface area contributed by atoms with Crippen molar-refractivity contribution in [2.75, 3.05) is 13.2 Å². The summed E-state index contributed by atoms with van der Waals surface area (Å²) in [5, 5.41) is 10.7. The Balaban J connectivity index is 2.42. The second-order valence-electron chi connectivity index (χ2n) is 2.96. The van der Waals surface area contributed by atoms with E-state index >= 15 is 0 Å². The number of nitro groups is 1. The van der Waals surface area contributed by atoms with Crippen LogP contribution in [-0.4, -0.2) is 24.0 Å². The first-order valence-electron chi connectivity index (χ1n) is 4.30. The lowest BCUT2D eigenvalue weighted by Gasteiger charge is -2.01. The zero-order chi connectivity index (χ0) is 10.8. The monoisotopic (exact) mass is 226 g/mol. The molecule has 0 aliphatic carbocycles. The smallest absolute Gasteiger partial charge is 0.288 e. The molecule has 1 aromatic rings. The summed E-state index contributed by atoms with van der Waals surface area (Å²) < 4.78 is 5.20. The number of hydrogen-bond acceptors (Lipinski definition) is 4. The predicted octanol–water partition coefficient (Wildman–Crippen LogP) is 2.02. The van der Waals surface area contributed by atoms with E-state index < -0.39 is 4.92 Å². The maximum Gasteiger partial charge on any atom is 0.288 e. The van der Waals surface area contributed by atoms with E-state index in [1.54, 1.807) is 6.07 Å². The molecule has 0 radical (unpaired) electrons. The summed E-state index contributed by atoms with van der Waals surface area (Å²) in [5.74, 6) is 0.440. The highest BCUT2D eigenvalue weighted by Crippen LogP contribution is 2.25. The molecule has 1 aliphatic rings. The van der Waals surface area contributed by atoms with Crippen molar-refractivity contribution < 1.29 is 9.66 Å². The Morgan fingerprint density at radius 2 is 2.33 bits per heavy atom. The molecule has 1 aliphatic heterocycles. The van der Waals surface area contributed by atoms with Crippen LogP contribution in [0.25, 0.3) is 0 Å². The number of nitro benzene ring substituents is 1. The van der Waals surface area contributed by atoms with Crippen molar-refractivity contribution in [3.05, 3.63) is 38.9 Å². The normalized spacial score (nSPS) is 14.6. The van der Waals surface area contributed by atoms with E-state index in [0.29, 0.717) is 24.6 Å². The van der Waals surface area contributed by atoms with Crippen LogP contribution in [-0.2, 0) is 4.74 Å². The molecule has 15 heavy (non-hydrogen) atoms. The Labute approximate surface area is 90.5 Å². The summed E-state index contributed by atoms with van der Waals surface area (Å²) in [6.07, 6.45) is 0. The molecule has 0 saturated heterocycles. The maximum absolute atomic E-state index is 10.6. The van der Waals surface area contributed by atoms with Crippen molar-refractivity contribution in [2.45, 2.75) is 0 Å². The summed E-state index contributed by atoms with van der Waals surface area (Å²) in [5.41, 5.74) is 0.455. The van der Waals surface area contributed by atoms with Gasteiger partial charge in [-0.1, -0.05) is 11.6 Å². The molecular weight excluding hydrogens is 220 g/mol. The van der Waals surface area contributed by atoms with E-state index in [1.807, 2.05) is 0 Å². The fourth-order valence-electron chi connectivity index (χ4n) is 1.30. The number of benzene rings is 1. The lowest BCUT2D eigenvalue weighted by atomic mass is 10.2. The van der Waals surface area contributed by atoms with E-state index in [4.69, 9.17) is 16.3 Å². The Morgan fingerprint density at radius 1 is 1.53 bits per heavy atom. The molecular formula is C9H7ClN2O3. The Kier molecular flexibility index (Phi) is 2.55. The molecule has 0 amide bonds. The highest BCUT2D eigenvalue weighted by atomic mass is 35.5. The summed E-state index contributed by atoms with van der Waals surface area (Å²) >= 11 is 5.68. The Hall–Kier alpha value is -1.62. The average Bonchev–Trinajstić information content (AvgIpc) is 2.71. The molecule has 0 unspecified atom stereocenters. The third kappa shape index (κ3) is 1.92. The molecule has 0 aromatic heterocycles. The first kappa shape index (κ1) is 9.92. The van der Waals surface area contributed by atoms with Gasteiger partial charge in [0.05, 0.1) is 11.5 Å². The molecule has 0 spiro atoms. The number of hydrogen-bond donors (Lipinski definition) is 0. The summed E-state index contributed by atoms with van der Waals surface area (Å²) in [4.78, 5) is 14.2. The molecule has 78 valence electrons. The number of halogens is 1. The third-order valence-corrected chi connectivity index (χ3v) is 2.29. The lowest BCUT2D eigenvalue weighted by molar-refractivity contribution is -0.384. The fourth-order valence-corrected chi connectivity index (χ4v) is 1.48. The van der Waals surface area contributed by atoms with Gasteiger partial charge in [-0.3, -0.25) is 10.1 Å². The average molecular weight is 227 g/mol. The largest absolute Gasteiger partial charge is 0.476 e. The van der Waals surface area contributed by atoms with Gasteiger partial charge in [-0.05, 0) is 12.1 Å². The molecule has 5 nitrogen and oxygen atoms in total. The van der Waals surface area contributed by atoms with Crippen molar-refractivity contribution in [1.82, 2.24) is 0 Å². The van der Waals surface area contributed by atoms with Gasteiger partial charge < -0.3 is 4.74 Å². The van der Waals surface area contributed by atoms with Gasteiger partial charge in [-0.2, -0.15) is 0 Å². The molecule has 0 atom stereocenters. The fraction of sp³-hybridized carbons (Fsp3) is 0.222. The van der Waals surface area contributed by atoms with E-state index in [2.05, 4.69) is 4.99 Å². The Bertz CT molecular complexity index is 445. The van der Waals surface area contributed by atoms with Gasteiger partial charge in [-0.25, -0.2) is 4.99 Å². The highest BCUT2D eigenvalue weighted by molar-refractivity contribution is 6.32. The number of ether oxygens (including phenoxy) is 1. The van der Waals surface area contributed by atoms with Gasteiger partial charge in [0.25, 0.3) is 5.69 Å². The van der Waals surface area contributed by atoms with Crippen molar-refractivity contribution in [3.8, 4) is 0 Å². The highest BCUT2D eigenvalue weighted by Gasteiger charge is 2.17. The van der Waals surface area contributed by atoms with Crippen LogP contribution in [0.1, 0.15) is 5.56 Å². The van der Waals surface area contributed by atoms with Gasteiger partial charge in [0, 0.05) is 11.6 Å². The quantitative estimate of drug-likeness (QED) is 0.572. The van der Waals surface area contributed by atoms with E-state index in [9.17, 15) is 10.1 Å². The number of aliphatic imine (C=N–C) groups is 1. The summed E-state index contributed by atoms with van der Waals surface area (Å²) in [6, 6.07) is 4.49. The molecule has 6 heteroatoms. The minimum Gasteiger partial charge on any atom is -0.476 e. The van der Waals surface area contributed by atoms with Gasteiger partial charge >= 0.3 is 0 Å². The summed E-state index contributed by atoms with van der Waals surface area (Å²) in [7, 11) is 0.